The highest BCUT2D eigenvalue weighted by Gasteiger charge is 2.26. The van der Waals surface area contributed by atoms with Crippen molar-refractivity contribution in [2.75, 3.05) is 0 Å². The first-order valence-electron chi connectivity index (χ1n) is 11.7. The average molecular weight is 464 g/mol. The van der Waals surface area contributed by atoms with E-state index in [-0.39, 0.29) is 5.97 Å². The maximum atomic E-state index is 13.3. The summed E-state index contributed by atoms with van der Waals surface area (Å²) < 4.78 is 5.76. The molecule has 5 heteroatoms. The van der Waals surface area contributed by atoms with Crippen LogP contribution in [0.15, 0.2) is 108 Å². The molecular formula is C30H29N3O2. The highest BCUT2D eigenvalue weighted by Crippen LogP contribution is 2.19. The van der Waals surface area contributed by atoms with E-state index in [1.54, 1.807) is 12.4 Å². The van der Waals surface area contributed by atoms with Crippen LogP contribution in [0.1, 0.15) is 37.5 Å². The van der Waals surface area contributed by atoms with Gasteiger partial charge in [-0.05, 0) is 44.5 Å². The molecule has 176 valence electrons. The molecule has 35 heavy (non-hydrogen) atoms. The van der Waals surface area contributed by atoms with Gasteiger partial charge in [0.05, 0.1) is 17.1 Å². The van der Waals surface area contributed by atoms with E-state index in [4.69, 9.17) is 9.73 Å². The normalized spacial score (nSPS) is 12.0. The molecule has 2 heterocycles. The Labute approximate surface area is 206 Å². The molecule has 0 unspecified atom stereocenters. The molecule has 5 nitrogen and oxygen atoms in total. The fourth-order valence-electron chi connectivity index (χ4n) is 3.65. The minimum Gasteiger partial charge on any atom is -0.458 e. The first-order valence-corrected chi connectivity index (χ1v) is 11.7. The third-order valence-corrected chi connectivity index (χ3v) is 5.24. The molecule has 0 aliphatic heterocycles. The van der Waals surface area contributed by atoms with E-state index in [1.807, 2.05) is 112 Å². The van der Waals surface area contributed by atoms with Crippen molar-refractivity contribution in [3.8, 4) is 11.4 Å². The van der Waals surface area contributed by atoms with Crippen molar-refractivity contribution in [3.63, 3.8) is 0 Å². The molecule has 2 aromatic heterocycles. The Hall–Kier alpha value is -4.12. The summed E-state index contributed by atoms with van der Waals surface area (Å²) in [5.74, 6) is -0.365. The van der Waals surface area contributed by atoms with Crippen LogP contribution in [0.3, 0.4) is 0 Å². The molecule has 0 N–H and O–H groups in total. The van der Waals surface area contributed by atoms with E-state index < -0.39 is 11.6 Å². The Kier molecular flexibility index (Phi) is 7.46. The van der Waals surface area contributed by atoms with E-state index in [0.717, 1.165) is 33.8 Å². The Morgan fingerprint density at radius 2 is 1.40 bits per heavy atom. The predicted molar refractivity (Wildman–Crippen MR) is 139 cm³/mol. The van der Waals surface area contributed by atoms with Crippen molar-refractivity contribution >= 4 is 11.7 Å². The molecule has 0 radical (unpaired) electrons. The summed E-state index contributed by atoms with van der Waals surface area (Å²) in [4.78, 5) is 27.2. The van der Waals surface area contributed by atoms with Gasteiger partial charge in [0.15, 0.2) is 6.04 Å². The number of ether oxygens (including phenoxy) is 1. The molecule has 2 aromatic carbocycles. The fraction of sp³-hybridized carbons (Fsp3) is 0.200. The number of nitrogens with zero attached hydrogens (tertiary/aromatic N) is 3. The van der Waals surface area contributed by atoms with Gasteiger partial charge < -0.3 is 4.74 Å². The molecule has 0 bridgehead atoms. The second-order valence-electron chi connectivity index (χ2n) is 9.23. The smallest absolute Gasteiger partial charge is 0.331 e. The first-order chi connectivity index (χ1) is 16.9. The van der Waals surface area contributed by atoms with Crippen LogP contribution in [0.2, 0.25) is 0 Å². The van der Waals surface area contributed by atoms with Crippen LogP contribution < -0.4 is 0 Å². The molecule has 0 saturated heterocycles. The van der Waals surface area contributed by atoms with Gasteiger partial charge in [-0.15, -0.1) is 0 Å². The summed E-state index contributed by atoms with van der Waals surface area (Å²) in [5, 5.41) is 0. The molecular weight excluding hydrogens is 434 g/mol. The van der Waals surface area contributed by atoms with Crippen molar-refractivity contribution in [3.05, 3.63) is 120 Å². The zero-order valence-corrected chi connectivity index (χ0v) is 20.3. The van der Waals surface area contributed by atoms with Crippen LogP contribution in [-0.4, -0.2) is 33.3 Å². The highest BCUT2D eigenvalue weighted by molar-refractivity contribution is 6.13. The van der Waals surface area contributed by atoms with Crippen molar-refractivity contribution < 1.29 is 9.53 Å². The molecule has 0 saturated carbocycles. The van der Waals surface area contributed by atoms with Gasteiger partial charge >= 0.3 is 5.97 Å². The summed E-state index contributed by atoms with van der Waals surface area (Å²) in [6, 6.07) is 28.7. The van der Waals surface area contributed by atoms with Gasteiger partial charge in [0, 0.05) is 29.9 Å². The quantitative estimate of drug-likeness (QED) is 0.252. The molecule has 0 spiro atoms. The van der Waals surface area contributed by atoms with Crippen LogP contribution in [0, 0.1) is 0 Å². The van der Waals surface area contributed by atoms with Crippen molar-refractivity contribution in [2.45, 2.75) is 38.8 Å². The number of hydrogen-bond donors (Lipinski definition) is 0. The fourth-order valence-corrected chi connectivity index (χ4v) is 3.65. The van der Waals surface area contributed by atoms with E-state index in [1.165, 1.54) is 0 Å². The molecule has 0 fully saturated rings. The largest absolute Gasteiger partial charge is 0.458 e. The van der Waals surface area contributed by atoms with Gasteiger partial charge in [0.1, 0.15) is 5.60 Å². The van der Waals surface area contributed by atoms with Gasteiger partial charge in [-0.2, -0.15) is 0 Å². The molecule has 0 aliphatic carbocycles. The molecule has 0 aliphatic rings. The summed E-state index contributed by atoms with van der Waals surface area (Å²) in [7, 11) is 0. The number of rotatable bonds is 7. The van der Waals surface area contributed by atoms with Gasteiger partial charge in [0.25, 0.3) is 0 Å². The Balaban J connectivity index is 1.70. The van der Waals surface area contributed by atoms with Gasteiger partial charge in [-0.25, -0.2) is 4.79 Å². The third-order valence-electron chi connectivity index (χ3n) is 5.24. The summed E-state index contributed by atoms with van der Waals surface area (Å²) in [6.45, 7) is 5.60. The molecule has 4 rings (SSSR count). The maximum Gasteiger partial charge on any atom is 0.331 e. The van der Waals surface area contributed by atoms with Crippen molar-refractivity contribution in [1.29, 1.82) is 0 Å². The number of carbonyl (C=O) groups excluding carboxylic acids is 1. The number of pyridine rings is 2. The number of benzene rings is 2. The zero-order valence-electron chi connectivity index (χ0n) is 20.3. The molecule has 0 amide bonds. The number of aromatic nitrogens is 2. The predicted octanol–water partition coefficient (Wildman–Crippen LogP) is 5.93. The lowest BCUT2D eigenvalue weighted by atomic mass is 10.0. The number of esters is 1. The maximum absolute atomic E-state index is 13.3. The molecule has 4 aromatic rings. The molecule has 1 atom stereocenters. The second-order valence-corrected chi connectivity index (χ2v) is 9.23. The summed E-state index contributed by atoms with van der Waals surface area (Å²) in [5.41, 5.74) is 4.49. The Bertz CT molecular complexity index is 1220. The van der Waals surface area contributed by atoms with Gasteiger partial charge in [-0.3, -0.25) is 15.0 Å². The van der Waals surface area contributed by atoms with E-state index >= 15 is 0 Å². The van der Waals surface area contributed by atoms with E-state index in [9.17, 15) is 4.79 Å². The van der Waals surface area contributed by atoms with E-state index in [2.05, 4.69) is 9.97 Å². The zero-order chi connectivity index (χ0) is 24.7. The highest BCUT2D eigenvalue weighted by atomic mass is 16.6. The van der Waals surface area contributed by atoms with Crippen LogP contribution >= 0.6 is 0 Å². The average Bonchev–Trinajstić information content (AvgIpc) is 2.87. The second kappa shape index (κ2) is 10.9. The van der Waals surface area contributed by atoms with Gasteiger partial charge in [0.2, 0.25) is 0 Å². The Morgan fingerprint density at radius 3 is 1.91 bits per heavy atom. The number of carbonyl (C=O) groups is 1. The van der Waals surface area contributed by atoms with Crippen LogP contribution in [0.25, 0.3) is 11.4 Å². The van der Waals surface area contributed by atoms with Crippen LogP contribution in [0.5, 0.6) is 0 Å². The monoisotopic (exact) mass is 463 g/mol. The third kappa shape index (κ3) is 6.70. The SMILES string of the molecule is CC(C)(C)OC(=O)[C@@H](Cc1ccc(-c2ccccn2)nc1)N=C(c1ccccc1)c1ccccc1. The van der Waals surface area contributed by atoms with Crippen molar-refractivity contribution in [1.82, 2.24) is 9.97 Å². The number of aliphatic imine (C=N–C) groups is 1. The minimum absolute atomic E-state index is 0.365. The van der Waals surface area contributed by atoms with E-state index in [0.29, 0.717) is 6.42 Å². The lowest BCUT2D eigenvalue weighted by molar-refractivity contribution is -0.156. The van der Waals surface area contributed by atoms with Crippen molar-refractivity contribution in [2.24, 2.45) is 4.99 Å². The first kappa shape index (κ1) is 24.0. The summed E-state index contributed by atoms with van der Waals surface area (Å²) >= 11 is 0. The minimum atomic E-state index is -0.730. The lowest BCUT2D eigenvalue weighted by Crippen LogP contribution is -2.33. The standard InChI is InChI=1S/C30H29N3O2/c1-30(2,3)35-29(34)27(20-22-17-18-26(32-21-22)25-16-10-11-19-31-25)33-28(23-12-6-4-7-13-23)24-14-8-5-9-15-24/h4-19,21,27H,20H2,1-3H3/t27-/m1/s1. The van der Waals surface area contributed by atoms with Gasteiger partial charge in [-0.1, -0.05) is 72.8 Å². The summed E-state index contributed by atoms with van der Waals surface area (Å²) in [6.07, 6.45) is 3.89. The Morgan fingerprint density at radius 1 is 0.800 bits per heavy atom. The van der Waals surface area contributed by atoms with Crippen LogP contribution in [-0.2, 0) is 16.0 Å². The lowest BCUT2D eigenvalue weighted by Gasteiger charge is -2.23. The number of hydrogen-bond acceptors (Lipinski definition) is 5. The topological polar surface area (TPSA) is 64.4 Å². The van der Waals surface area contributed by atoms with Crippen LogP contribution in [0.4, 0.5) is 0 Å².